The van der Waals surface area contributed by atoms with Gasteiger partial charge in [0.15, 0.2) is 11.6 Å². The SMILES string of the molecule is CO[C@@H]1CC(CC2CC[C@@H](C)C([C@H](C)C(=O)[O-])O2)O[C@]2(O[C@](C)(C3CC[C@@](C)(C4OC(C5O[C@@](O)(CO)[C@H](C)C[C@@H]5C)C[C@H]4C)O3)C[C@H]2C)[C@@H]1C. The number of carboxylic acid groups (broad SMARTS) is 1. The largest absolute Gasteiger partial charge is 0.550 e. The van der Waals surface area contributed by atoms with E-state index in [1.807, 2.05) is 6.92 Å². The van der Waals surface area contributed by atoms with Gasteiger partial charge < -0.3 is 53.3 Å². The van der Waals surface area contributed by atoms with E-state index in [4.69, 9.17) is 33.2 Å². The molecule has 11 heteroatoms. The molecule has 6 heterocycles. The lowest BCUT2D eigenvalue weighted by molar-refractivity contribution is -0.353. The van der Waals surface area contributed by atoms with Crippen LogP contribution in [0, 0.1) is 41.4 Å². The molecule has 294 valence electrons. The first kappa shape index (κ1) is 39.8. The number of methoxy groups -OCH3 is 1. The van der Waals surface area contributed by atoms with E-state index in [9.17, 15) is 20.1 Å². The zero-order valence-electron chi connectivity index (χ0n) is 32.8. The molecule has 0 saturated carbocycles. The minimum absolute atomic E-state index is 0.0155. The lowest BCUT2D eigenvalue weighted by Crippen LogP contribution is -2.58. The van der Waals surface area contributed by atoms with Gasteiger partial charge in [0, 0.05) is 49.6 Å². The second kappa shape index (κ2) is 14.6. The van der Waals surface area contributed by atoms with Crippen LogP contribution in [-0.4, -0.2) is 102 Å². The Bertz CT molecular complexity index is 1230. The molecule has 0 aromatic rings. The van der Waals surface area contributed by atoms with Crippen molar-refractivity contribution in [2.75, 3.05) is 13.7 Å². The van der Waals surface area contributed by atoms with E-state index < -0.39 is 41.3 Å². The molecule has 2 N–H and O–H groups in total. The standard InChI is InChI=1S/C40H68O11/c1-21-11-12-28(46-33(21)26(6)36(42)43)17-29-18-30(45-10)27(7)40(48-29)25(5)19-38(9,51-40)32-13-14-37(8,49-32)35-23(3)16-31(47-35)34-22(2)15-24(4)39(44,20-41)50-34/h21-35,41,44H,11-20H2,1-10H3,(H,42,43)/p-1/t21-,22+,23-,24-,25-,26+,27-,28?,29?,30-,31?,32?,33?,34?,35?,37+,38+,39+,40-/m1/s1. The van der Waals surface area contributed by atoms with Crippen LogP contribution >= 0.6 is 0 Å². The first-order valence-electron chi connectivity index (χ1n) is 20.0. The lowest BCUT2D eigenvalue weighted by Gasteiger charge is -2.50. The van der Waals surface area contributed by atoms with Crippen LogP contribution in [0.2, 0.25) is 0 Å². The van der Waals surface area contributed by atoms with Gasteiger partial charge in [-0.3, -0.25) is 0 Å². The van der Waals surface area contributed by atoms with Gasteiger partial charge in [-0.2, -0.15) is 0 Å². The quantitative estimate of drug-likeness (QED) is 0.350. The van der Waals surface area contributed by atoms with Crippen molar-refractivity contribution < 1.29 is 53.3 Å². The molecule has 0 aliphatic carbocycles. The van der Waals surface area contributed by atoms with Gasteiger partial charge in [0.2, 0.25) is 0 Å². The van der Waals surface area contributed by atoms with Crippen LogP contribution in [0.25, 0.3) is 0 Å². The van der Waals surface area contributed by atoms with Gasteiger partial charge in [-0.15, -0.1) is 0 Å². The first-order chi connectivity index (χ1) is 23.9. The fourth-order valence-electron chi connectivity index (χ4n) is 11.3. The number of ether oxygens (including phenoxy) is 7. The summed E-state index contributed by atoms with van der Waals surface area (Å²) in [5, 5.41) is 32.7. The molecule has 7 unspecified atom stereocenters. The third-order valence-electron chi connectivity index (χ3n) is 14.4. The predicted octanol–water partition coefficient (Wildman–Crippen LogP) is 4.37. The van der Waals surface area contributed by atoms with Crippen molar-refractivity contribution in [1.29, 1.82) is 0 Å². The summed E-state index contributed by atoms with van der Waals surface area (Å²) in [6, 6.07) is 0. The Labute approximate surface area is 305 Å². The molecule has 1 spiro atoms. The Kier molecular flexibility index (Phi) is 11.4. The summed E-state index contributed by atoms with van der Waals surface area (Å²) >= 11 is 0. The van der Waals surface area contributed by atoms with Crippen LogP contribution in [-0.2, 0) is 38.0 Å². The van der Waals surface area contributed by atoms with Crippen molar-refractivity contribution in [2.45, 2.75) is 192 Å². The van der Waals surface area contributed by atoms with Crippen molar-refractivity contribution in [1.82, 2.24) is 0 Å². The van der Waals surface area contributed by atoms with E-state index in [0.29, 0.717) is 6.42 Å². The summed E-state index contributed by atoms with van der Waals surface area (Å²) < 4.78 is 46.9. The highest BCUT2D eigenvalue weighted by Crippen LogP contribution is 2.57. The first-order valence-corrected chi connectivity index (χ1v) is 20.0. The number of carbonyl (C=O) groups excluding carboxylic acids is 1. The van der Waals surface area contributed by atoms with E-state index in [2.05, 4.69) is 48.5 Å². The summed E-state index contributed by atoms with van der Waals surface area (Å²) in [4.78, 5) is 11.7. The number of aliphatic hydroxyl groups excluding tert-OH is 1. The Balaban J connectivity index is 1.13. The predicted molar refractivity (Wildman–Crippen MR) is 186 cm³/mol. The molecule has 0 aromatic heterocycles. The summed E-state index contributed by atoms with van der Waals surface area (Å²) in [6.45, 7) is 18.3. The van der Waals surface area contributed by atoms with Crippen LogP contribution in [0.1, 0.15) is 120 Å². The van der Waals surface area contributed by atoms with Gasteiger partial charge in [0.05, 0.1) is 66.6 Å². The molecule has 6 fully saturated rings. The average molecular weight is 724 g/mol. The van der Waals surface area contributed by atoms with Crippen molar-refractivity contribution >= 4 is 5.97 Å². The van der Waals surface area contributed by atoms with Gasteiger partial charge in [0.25, 0.3) is 0 Å². The Morgan fingerprint density at radius 3 is 2.27 bits per heavy atom. The Morgan fingerprint density at radius 2 is 1.61 bits per heavy atom. The summed E-state index contributed by atoms with van der Waals surface area (Å²) in [5.41, 5.74) is -1.11. The Hall–Kier alpha value is -0.890. The maximum Gasteiger partial charge on any atom is 0.192 e. The highest BCUT2D eigenvalue weighted by Gasteiger charge is 2.65. The highest BCUT2D eigenvalue weighted by atomic mass is 16.7. The number of carbonyl (C=O) groups is 1. The second-order valence-electron chi connectivity index (χ2n) is 18.4. The van der Waals surface area contributed by atoms with Crippen molar-refractivity contribution in [2.24, 2.45) is 41.4 Å². The minimum atomic E-state index is -1.55. The van der Waals surface area contributed by atoms with E-state index in [-0.39, 0.29) is 84.3 Å². The number of carboxylic acids is 1. The number of rotatable bonds is 9. The van der Waals surface area contributed by atoms with Gasteiger partial charge in [-0.05, 0) is 76.5 Å². The molecule has 51 heavy (non-hydrogen) atoms. The van der Waals surface area contributed by atoms with Gasteiger partial charge in [0.1, 0.15) is 0 Å². The van der Waals surface area contributed by atoms with Gasteiger partial charge in [-0.1, -0.05) is 48.5 Å². The van der Waals surface area contributed by atoms with E-state index in [0.717, 1.165) is 51.4 Å². The molecular formula is C40H67O11-. The minimum Gasteiger partial charge on any atom is -0.550 e. The summed E-state index contributed by atoms with van der Waals surface area (Å²) in [7, 11) is 1.76. The van der Waals surface area contributed by atoms with E-state index >= 15 is 0 Å². The summed E-state index contributed by atoms with van der Waals surface area (Å²) in [6.07, 6.45) is 5.62. The van der Waals surface area contributed by atoms with Crippen LogP contribution in [0.15, 0.2) is 0 Å². The molecule has 11 nitrogen and oxygen atoms in total. The summed E-state index contributed by atoms with van der Waals surface area (Å²) in [5.74, 6) is -3.70. The zero-order valence-corrected chi connectivity index (χ0v) is 32.8. The topological polar surface area (TPSA) is 145 Å². The molecule has 6 rings (SSSR count). The zero-order chi connectivity index (χ0) is 37.3. The maximum absolute atomic E-state index is 11.7. The molecule has 6 aliphatic rings. The molecule has 6 saturated heterocycles. The molecule has 0 amide bonds. The fourth-order valence-corrected chi connectivity index (χ4v) is 11.3. The fraction of sp³-hybridized carbons (Fsp3) is 0.975. The number of hydrogen-bond acceptors (Lipinski definition) is 11. The van der Waals surface area contributed by atoms with Crippen molar-refractivity contribution in [3.05, 3.63) is 0 Å². The number of hydrogen-bond donors (Lipinski definition) is 2. The van der Waals surface area contributed by atoms with E-state index in [1.54, 1.807) is 14.0 Å². The maximum atomic E-state index is 11.7. The molecule has 0 bridgehead atoms. The molecular weight excluding hydrogens is 656 g/mol. The Morgan fingerprint density at radius 1 is 0.882 bits per heavy atom. The number of aliphatic carboxylic acids is 1. The molecule has 19 atom stereocenters. The second-order valence-corrected chi connectivity index (χ2v) is 18.4. The van der Waals surface area contributed by atoms with Crippen LogP contribution < -0.4 is 5.11 Å². The van der Waals surface area contributed by atoms with Crippen LogP contribution in [0.4, 0.5) is 0 Å². The monoisotopic (exact) mass is 723 g/mol. The van der Waals surface area contributed by atoms with Gasteiger partial charge in [-0.25, -0.2) is 0 Å². The highest BCUT2D eigenvalue weighted by molar-refractivity contribution is 5.67. The van der Waals surface area contributed by atoms with Crippen LogP contribution in [0.5, 0.6) is 0 Å². The van der Waals surface area contributed by atoms with Crippen molar-refractivity contribution in [3.63, 3.8) is 0 Å². The average Bonchev–Trinajstić information content (AvgIpc) is 3.75. The number of aliphatic hydroxyl groups is 2. The normalized spacial score (nSPS) is 54.2. The van der Waals surface area contributed by atoms with Crippen LogP contribution in [0.3, 0.4) is 0 Å². The smallest absolute Gasteiger partial charge is 0.192 e. The molecule has 0 aromatic carbocycles. The van der Waals surface area contributed by atoms with Gasteiger partial charge >= 0.3 is 0 Å². The van der Waals surface area contributed by atoms with Crippen molar-refractivity contribution in [3.8, 4) is 0 Å². The third-order valence-corrected chi connectivity index (χ3v) is 14.4. The lowest BCUT2D eigenvalue weighted by atomic mass is 9.78. The molecule has 6 aliphatic heterocycles. The third kappa shape index (κ3) is 7.19. The molecule has 0 radical (unpaired) electrons. The van der Waals surface area contributed by atoms with E-state index in [1.165, 1.54) is 0 Å².